The van der Waals surface area contributed by atoms with Crippen LogP contribution in [-0.2, 0) is 0 Å². The van der Waals surface area contributed by atoms with Crippen LogP contribution < -0.4 is 5.32 Å². The maximum Gasteiger partial charge on any atom is 0.120 e. The number of phenols is 1. The lowest BCUT2D eigenvalue weighted by Gasteiger charge is -2.25. The summed E-state index contributed by atoms with van der Waals surface area (Å²) in [6.07, 6.45) is 3.64. The molecule has 0 amide bonds. The number of rotatable bonds is 2. The van der Waals surface area contributed by atoms with Gasteiger partial charge >= 0.3 is 0 Å². The van der Waals surface area contributed by atoms with Crippen LogP contribution in [0.15, 0.2) is 18.2 Å². The van der Waals surface area contributed by atoms with Crippen LogP contribution in [0.3, 0.4) is 0 Å². The van der Waals surface area contributed by atoms with Gasteiger partial charge in [0, 0.05) is 11.6 Å². The van der Waals surface area contributed by atoms with Crippen molar-refractivity contribution in [3.05, 3.63) is 29.3 Å². The molecule has 2 nitrogen and oxygen atoms in total. The van der Waals surface area contributed by atoms with E-state index in [0.29, 0.717) is 17.7 Å². The zero-order valence-corrected chi connectivity index (χ0v) is 10.2. The molecule has 0 saturated carbocycles. The topological polar surface area (TPSA) is 32.3 Å². The van der Waals surface area contributed by atoms with E-state index >= 15 is 0 Å². The first-order valence-electron chi connectivity index (χ1n) is 6.24. The van der Waals surface area contributed by atoms with Crippen LogP contribution in [0.2, 0.25) is 0 Å². The second-order valence-electron chi connectivity index (χ2n) is 4.98. The van der Waals surface area contributed by atoms with E-state index in [2.05, 4.69) is 25.2 Å². The molecule has 2 heteroatoms. The fourth-order valence-corrected chi connectivity index (χ4v) is 2.33. The fraction of sp³-hybridized carbons (Fsp3) is 0.571. The van der Waals surface area contributed by atoms with Gasteiger partial charge in [0.1, 0.15) is 5.75 Å². The standard InChI is InChI=1S/C14H21NO/c1-10(2)11-6-7-14(16)12(9-11)13-5-3-4-8-15-13/h6-7,9-10,13,15-16H,3-5,8H2,1-2H3. The Morgan fingerprint density at radius 2 is 2.12 bits per heavy atom. The van der Waals surface area contributed by atoms with Crippen molar-refractivity contribution in [1.29, 1.82) is 0 Å². The Kier molecular flexibility index (Phi) is 3.49. The summed E-state index contributed by atoms with van der Waals surface area (Å²) in [7, 11) is 0. The van der Waals surface area contributed by atoms with Crippen molar-refractivity contribution in [1.82, 2.24) is 5.32 Å². The molecule has 1 heterocycles. The van der Waals surface area contributed by atoms with E-state index in [0.717, 1.165) is 18.5 Å². The number of hydrogen-bond donors (Lipinski definition) is 2. The van der Waals surface area contributed by atoms with Gasteiger partial charge in [0.05, 0.1) is 0 Å². The average molecular weight is 219 g/mol. The van der Waals surface area contributed by atoms with Crippen molar-refractivity contribution in [3.8, 4) is 5.75 Å². The van der Waals surface area contributed by atoms with Gasteiger partial charge < -0.3 is 10.4 Å². The number of benzene rings is 1. The summed E-state index contributed by atoms with van der Waals surface area (Å²) in [4.78, 5) is 0. The Morgan fingerprint density at radius 1 is 1.31 bits per heavy atom. The van der Waals surface area contributed by atoms with E-state index in [1.807, 2.05) is 12.1 Å². The first-order valence-corrected chi connectivity index (χ1v) is 6.24. The SMILES string of the molecule is CC(C)c1ccc(O)c(C2CCCCN2)c1. The van der Waals surface area contributed by atoms with Crippen LogP contribution >= 0.6 is 0 Å². The lowest BCUT2D eigenvalue weighted by Crippen LogP contribution is -2.26. The summed E-state index contributed by atoms with van der Waals surface area (Å²) in [6, 6.07) is 6.35. The summed E-state index contributed by atoms with van der Waals surface area (Å²) in [5.74, 6) is 0.951. The van der Waals surface area contributed by atoms with Crippen LogP contribution in [0.5, 0.6) is 5.75 Å². The minimum atomic E-state index is 0.340. The van der Waals surface area contributed by atoms with Gasteiger partial charge in [0.2, 0.25) is 0 Å². The molecule has 1 aromatic carbocycles. The largest absolute Gasteiger partial charge is 0.508 e. The van der Waals surface area contributed by atoms with Gasteiger partial charge in [-0.2, -0.15) is 0 Å². The lowest BCUT2D eigenvalue weighted by molar-refractivity contribution is 0.390. The van der Waals surface area contributed by atoms with E-state index in [1.165, 1.54) is 18.4 Å². The first kappa shape index (κ1) is 11.5. The molecule has 88 valence electrons. The normalized spacial score (nSPS) is 21.3. The molecule has 1 fully saturated rings. The van der Waals surface area contributed by atoms with Crippen molar-refractivity contribution in [2.75, 3.05) is 6.54 Å². The van der Waals surface area contributed by atoms with Crippen molar-refractivity contribution < 1.29 is 5.11 Å². The zero-order valence-electron chi connectivity index (χ0n) is 10.2. The van der Waals surface area contributed by atoms with Crippen molar-refractivity contribution in [3.63, 3.8) is 0 Å². The second kappa shape index (κ2) is 4.88. The van der Waals surface area contributed by atoms with Crippen molar-refractivity contribution in [2.24, 2.45) is 0 Å². The van der Waals surface area contributed by atoms with Gasteiger partial charge in [-0.3, -0.25) is 0 Å². The molecular weight excluding hydrogens is 198 g/mol. The maximum absolute atomic E-state index is 9.93. The van der Waals surface area contributed by atoms with Gasteiger partial charge in [0.15, 0.2) is 0 Å². The van der Waals surface area contributed by atoms with Crippen molar-refractivity contribution >= 4 is 0 Å². The Labute approximate surface area is 97.7 Å². The Balaban J connectivity index is 2.27. The minimum Gasteiger partial charge on any atom is -0.508 e. The average Bonchev–Trinajstić information content (AvgIpc) is 2.30. The van der Waals surface area contributed by atoms with Gasteiger partial charge in [-0.25, -0.2) is 0 Å². The molecule has 1 aromatic rings. The number of nitrogens with one attached hydrogen (secondary N) is 1. The first-order chi connectivity index (χ1) is 7.68. The highest BCUT2D eigenvalue weighted by molar-refractivity contribution is 5.39. The molecule has 0 aliphatic carbocycles. The number of piperidine rings is 1. The Hall–Kier alpha value is -1.02. The van der Waals surface area contributed by atoms with E-state index in [1.54, 1.807) is 0 Å². The monoisotopic (exact) mass is 219 g/mol. The van der Waals surface area contributed by atoms with Crippen LogP contribution in [0.1, 0.15) is 56.2 Å². The molecule has 1 aliphatic rings. The predicted octanol–water partition coefficient (Wildman–Crippen LogP) is 3.33. The molecule has 1 atom stereocenters. The Bertz CT molecular complexity index is 354. The fourth-order valence-electron chi connectivity index (χ4n) is 2.33. The summed E-state index contributed by atoms with van der Waals surface area (Å²) in [5.41, 5.74) is 2.38. The quantitative estimate of drug-likeness (QED) is 0.799. The molecule has 1 saturated heterocycles. The molecule has 16 heavy (non-hydrogen) atoms. The van der Waals surface area contributed by atoms with Crippen LogP contribution in [0, 0.1) is 0 Å². The van der Waals surface area contributed by atoms with Gasteiger partial charge in [0.25, 0.3) is 0 Å². The third-order valence-electron chi connectivity index (χ3n) is 3.40. The molecule has 0 radical (unpaired) electrons. The number of phenolic OH excluding ortho intramolecular Hbond substituents is 1. The van der Waals surface area contributed by atoms with E-state index in [-0.39, 0.29) is 0 Å². The predicted molar refractivity (Wildman–Crippen MR) is 66.8 cm³/mol. The number of hydrogen-bond acceptors (Lipinski definition) is 2. The van der Waals surface area contributed by atoms with Crippen LogP contribution in [-0.4, -0.2) is 11.7 Å². The van der Waals surface area contributed by atoms with E-state index in [9.17, 15) is 5.11 Å². The molecular formula is C14H21NO. The van der Waals surface area contributed by atoms with Crippen LogP contribution in [0.4, 0.5) is 0 Å². The molecule has 2 rings (SSSR count). The zero-order chi connectivity index (χ0) is 11.5. The molecule has 2 N–H and O–H groups in total. The Morgan fingerprint density at radius 3 is 2.75 bits per heavy atom. The lowest BCUT2D eigenvalue weighted by atomic mass is 9.93. The third-order valence-corrected chi connectivity index (χ3v) is 3.40. The molecule has 0 spiro atoms. The minimum absolute atomic E-state index is 0.340. The van der Waals surface area contributed by atoms with Gasteiger partial charge in [-0.15, -0.1) is 0 Å². The highest BCUT2D eigenvalue weighted by atomic mass is 16.3. The smallest absolute Gasteiger partial charge is 0.120 e. The molecule has 1 unspecified atom stereocenters. The highest BCUT2D eigenvalue weighted by Crippen LogP contribution is 2.32. The molecule has 0 aromatic heterocycles. The van der Waals surface area contributed by atoms with Crippen LogP contribution in [0.25, 0.3) is 0 Å². The van der Waals surface area contributed by atoms with E-state index in [4.69, 9.17) is 0 Å². The molecule has 0 bridgehead atoms. The highest BCUT2D eigenvalue weighted by Gasteiger charge is 2.18. The summed E-state index contributed by atoms with van der Waals surface area (Å²) in [5, 5.41) is 13.4. The van der Waals surface area contributed by atoms with E-state index < -0.39 is 0 Å². The molecule has 1 aliphatic heterocycles. The third kappa shape index (κ3) is 2.38. The summed E-state index contributed by atoms with van der Waals surface area (Å²) < 4.78 is 0. The van der Waals surface area contributed by atoms with Gasteiger partial charge in [-0.1, -0.05) is 32.4 Å². The van der Waals surface area contributed by atoms with Gasteiger partial charge in [-0.05, 0) is 36.9 Å². The second-order valence-corrected chi connectivity index (χ2v) is 4.98. The van der Waals surface area contributed by atoms with Crippen molar-refractivity contribution in [2.45, 2.75) is 45.1 Å². The maximum atomic E-state index is 9.93. The number of aromatic hydroxyl groups is 1. The summed E-state index contributed by atoms with van der Waals surface area (Å²) in [6.45, 7) is 5.44. The summed E-state index contributed by atoms with van der Waals surface area (Å²) >= 11 is 0.